The van der Waals surface area contributed by atoms with E-state index in [-0.39, 0.29) is 30.0 Å². The van der Waals surface area contributed by atoms with Gasteiger partial charge in [-0.3, -0.25) is 4.79 Å². The summed E-state index contributed by atoms with van der Waals surface area (Å²) in [4.78, 5) is 11.9. The van der Waals surface area contributed by atoms with Gasteiger partial charge in [-0.1, -0.05) is 30.3 Å². The third kappa shape index (κ3) is 7.72. The number of halogens is 3. The molecule has 158 valence electrons. The number of amides is 1. The largest absolute Gasteiger partial charge is 0.573 e. The van der Waals surface area contributed by atoms with Crippen LogP contribution in [0.3, 0.4) is 0 Å². The third-order valence-corrected chi connectivity index (χ3v) is 5.17. The van der Waals surface area contributed by atoms with E-state index in [4.69, 9.17) is 0 Å². The van der Waals surface area contributed by atoms with Crippen LogP contribution in [0.1, 0.15) is 18.1 Å². The van der Waals surface area contributed by atoms with Gasteiger partial charge in [0.15, 0.2) is 0 Å². The molecular formula is C18H19F3N2O5S. The Morgan fingerprint density at radius 3 is 2.28 bits per heavy atom. The molecular weight excluding hydrogens is 413 g/mol. The molecule has 0 aliphatic carbocycles. The van der Waals surface area contributed by atoms with Crippen molar-refractivity contribution in [2.45, 2.75) is 23.8 Å². The zero-order chi connectivity index (χ0) is 21.5. The van der Waals surface area contributed by atoms with Crippen LogP contribution in [0, 0.1) is 0 Å². The molecule has 0 heterocycles. The van der Waals surface area contributed by atoms with Gasteiger partial charge < -0.3 is 15.2 Å². The van der Waals surface area contributed by atoms with Crippen molar-refractivity contribution in [2.24, 2.45) is 0 Å². The fourth-order valence-corrected chi connectivity index (χ4v) is 3.34. The summed E-state index contributed by atoms with van der Waals surface area (Å²) in [5.41, 5.74) is 0.282. The van der Waals surface area contributed by atoms with Gasteiger partial charge in [0, 0.05) is 19.5 Å². The quantitative estimate of drug-likeness (QED) is 0.563. The van der Waals surface area contributed by atoms with Crippen molar-refractivity contribution < 1.29 is 36.2 Å². The Hall–Kier alpha value is -2.63. The lowest BCUT2D eigenvalue weighted by molar-refractivity contribution is -0.274. The van der Waals surface area contributed by atoms with E-state index in [0.29, 0.717) is 0 Å². The Labute approximate surface area is 165 Å². The number of aliphatic hydroxyl groups excluding tert-OH is 1. The van der Waals surface area contributed by atoms with Gasteiger partial charge in [-0.25, -0.2) is 13.1 Å². The summed E-state index contributed by atoms with van der Waals surface area (Å²) in [5, 5.41) is 12.4. The van der Waals surface area contributed by atoms with Crippen LogP contribution >= 0.6 is 0 Å². The zero-order valence-corrected chi connectivity index (χ0v) is 15.8. The molecule has 0 aliphatic rings. The van der Waals surface area contributed by atoms with Crippen LogP contribution < -0.4 is 14.8 Å². The molecule has 7 nitrogen and oxygen atoms in total. The first-order valence-corrected chi connectivity index (χ1v) is 9.90. The highest BCUT2D eigenvalue weighted by molar-refractivity contribution is 7.89. The molecule has 11 heteroatoms. The van der Waals surface area contributed by atoms with Crippen molar-refractivity contribution in [3.05, 3.63) is 60.2 Å². The van der Waals surface area contributed by atoms with Crippen LogP contribution in [0.2, 0.25) is 0 Å². The number of rotatable bonds is 9. The van der Waals surface area contributed by atoms with Gasteiger partial charge in [0.2, 0.25) is 15.9 Å². The molecule has 0 saturated carbocycles. The predicted octanol–water partition coefficient (Wildman–Crippen LogP) is 2.10. The first-order chi connectivity index (χ1) is 13.6. The fourth-order valence-electron chi connectivity index (χ4n) is 2.29. The molecule has 0 aromatic heterocycles. The highest BCUT2D eigenvalue weighted by Crippen LogP contribution is 2.24. The molecule has 2 aromatic carbocycles. The molecule has 2 aromatic rings. The summed E-state index contributed by atoms with van der Waals surface area (Å²) in [5.74, 6) is -0.931. The number of benzene rings is 2. The van der Waals surface area contributed by atoms with Crippen LogP contribution in [0.25, 0.3) is 0 Å². The zero-order valence-electron chi connectivity index (χ0n) is 15.0. The SMILES string of the molecule is O=C(CCNS(=O)(=O)c1ccccc1)NCC(O)c1ccc(OC(F)(F)F)cc1. The molecule has 0 fully saturated rings. The second kappa shape index (κ2) is 9.72. The number of nitrogens with one attached hydrogen (secondary N) is 2. The van der Waals surface area contributed by atoms with E-state index in [1.807, 2.05) is 0 Å². The Kier molecular flexibility index (Phi) is 7.59. The van der Waals surface area contributed by atoms with Gasteiger partial charge >= 0.3 is 6.36 Å². The molecule has 0 bridgehead atoms. The Balaban J connectivity index is 1.76. The summed E-state index contributed by atoms with van der Waals surface area (Å²) < 4.78 is 66.4. The van der Waals surface area contributed by atoms with Crippen LogP contribution in [0.5, 0.6) is 5.75 Å². The summed E-state index contributed by atoms with van der Waals surface area (Å²) in [6, 6.07) is 12.2. The molecule has 29 heavy (non-hydrogen) atoms. The average molecular weight is 432 g/mol. The Morgan fingerprint density at radius 2 is 1.69 bits per heavy atom. The van der Waals surface area contributed by atoms with Gasteiger partial charge in [0.25, 0.3) is 0 Å². The highest BCUT2D eigenvalue weighted by atomic mass is 32.2. The number of carbonyl (C=O) groups excluding carboxylic acids is 1. The lowest BCUT2D eigenvalue weighted by Crippen LogP contribution is -2.32. The van der Waals surface area contributed by atoms with Crippen LogP contribution in [-0.2, 0) is 14.8 Å². The van der Waals surface area contributed by atoms with E-state index in [2.05, 4.69) is 14.8 Å². The fraction of sp³-hybridized carbons (Fsp3) is 0.278. The highest BCUT2D eigenvalue weighted by Gasteiger charge is 2.31. The number of sulfonamides is 1. The smallest absolute Gasteiger partial charge is 0.406 e. The number of aliphatic hydroxyl groups is 1. The lowest BCUT2D eigenvalue weighted by atomic mass is 10.1. The van der Waals surface area contributed by atoms with E-state index in [0.717, 1.165) is 12.1 Å². The van der Waals surface area contributed by atoms with Gasteiger partial charge in [-0.15, -0.1) is 13.2 Å². The molecule has 1 atom stereocenters. The van der Waals surface area contributed by atoms with Crippen LogP contribution in [-0.4, -0.2) is 38.9 Å². The molecule has 0 radical (unpaired) electrons. The monoisotopic (exact) mass is 432 g/mol. The Bertz CT molecular complexity index is 903. The number of hydrogen-bond donors (Lipinski definition) is 3. The third-order valence-electron chi connectivity index (χ3n) is 3.69. The lowest BCUT2D eigenvalue weighted by Gasteiger charge is -2.14. The van der Waals surface area contributed by atoms with Gasteiger partial charge in [-0.05, 0) is 29.8 Å². The molecule has 0 aliphatic heterocycles. The minimum Gasteiger partial charge on any atom is -0.406 e. The summed E-state index contributed by atoms with van der Waals surface area (Å²) in [6.45, 7) is -0.327. The van der Waals surface area contributed by atoms with Crippen LogP contribution in [0.4, 0.5) is 13.2 Å². The van der Waals surface area contributed by atoms with E-state index in [1.54, 1.807) is 18.2 Å². The van der Waals surface area contributed by atoms with E-state index >= 15 is 0 Å². The predicted molar refractivity (Wildman–Crippen MR) is 97.3 cm³/mol. The maximum atomic E-state index is 12.1. The van der Waals surface area contributed by atoms with Crippen molar-refractivity contribution in [2.75, 3.05) is 13.1 Å². The van der Waals surface area contributed by atoms with Crippen molar-refractivity contribution in [1.29, 1.82) is 0 Å². The summed E-state index contributed by atoms with van der Waals surface area (Å²) in [6.07, 6.45) is -6.12. The van der Waals surface area contributed by atoms with Crippen molar-refractivity contribution in [1.82, 2.24) is 10.0 Å². The Morgan fingerprint density at radius 1 is 1.07 bits per heavy atom. The minimum absolute atomic E-state index is 0.0776. The van der Waals surface area contributed by atoms with Gasteiger partial charge in [0.1, 0.15) is 5.75 Å². The molecule has 1 amide bonds. The number of hydrogen-bond acceptors (Lipinski definition) is 5. The maximum absolute atomic E-state index is 12.1. The minimum atomic E-state index is -4.81. The molecule has 0 saturated heterocycles. The van der Waals surface area contributed by atoms with Crippen molar-refractivity contribution in [3.63, 3.8) is 0 Å². The molecule has 2 rings (SSSR count). The maximum Gasteiger partial charge on any atom is 0.573 e. The normalized spacial score (nSPS) is 13.0. The van der Waals surface area contributed by atoms with E-state index in [1.165, 1.54) is 24.3 Å². The molecule has 3 N–H and O–H groups in total. The standard InChI is InChI=1S/C18H19F3N2O5S/c19-18(20,21)28-14-8-6-13(7-9-14)16(24)12-22-17(25)10-11-23-29(26,27)15-4-2-1-3-5-15/h1-9,16,23-24H,10-12H2,(H,22,25). The average Bonchev–Trinajstić information content (AvgIpc) is 2.66. The number of alkyl halides is 3. The second-order valence-corrected chi connectivity index (χ2v) is 7.66. The summed E-state index contributed by atoms with van der Waals surface area (Å²) in [7, 11) is -3.72. The number of carbonyl (C=O) groups is 1. The van der Waals surface area contributed by atoms with Gasteiger partial charge in [0.05, 0.1) is 11.0 Å². The van der Waals surface area contributed by atoms with Crippen molar-refractivity contribution >= 4 is 15.9 Å². The first kappa shape index (κ1) is 22.7. The van der Waals surface area contributed by atoms with Gasteiger partial charge in [-0.2, -0.15) is 0 Å². The number of ether oxygens (including phenoxy) is 1. The molecule has 0 spiro atoms. The van der Waals surface area contributed by atoms with E-state index in [9.17, 15) is 31.5 Å². The van der Waals surface area contributed by atoms with E-state index < -0.39 is 34.1 Å². The second-order valence-electron chi connectivity index (χ2n) is 5.90. The van der Waals surface area contributed by atoms with Crippen molar-refractivity contribution in [3.8, 4) is 5.75 Å². The van der Waals surface area contributed by atoms with Crippen LogP contribution in [0.15, 0.2) is 59.5 Å². The topological polar surface area (TPSA) is 105 Å². The molecule has 1 unspecified atom stereocenters. The summed E-state index contributed by atoms with van der Waals surface area (Å²) >= 11 is 0. The first-order valence-electron chi connectivity index (χ1n) is 8.42.